The van der Waals surface area contributed by atoms with Gasteiger partial charge in [-0.05, 0) is 87.4 Å². The second-order valence-corrected chi connectivity index (χ2v) is 7.48. The lowest BCUT2D eigenvalue weighted by Crippen LogP contribution is -2.05. The summed E-state index contributed by atoms with van der Waals surface area (Å²) in [4.78, 5) is 14.1. The summed E-state index contributed by atoms with van der Waals surface area (Å²) in [7, 11) is 0. The molecule has 0 aliphatic carbocycles. The third-order valence-corrected chi connectivity index (χ3v) is 5.22. The lowest BCUT2D eigenvalue weighted by Gasteiger charge is -2.06. The van der Waals surface area contributed by atoms with Crippen LogP contribution in [0.25, 0.3) is 0 Å². The van der Waals surface area contributed by atoms with E-state index in [2.05, 4.69) is 9.98 Å². The van der Waals surface area contributed by atoms with Crippen LogP contribution in [0, 0.1) is 13.8 Å². The monoisotopic (exact) mass is 409 g/mol. The van der Waals surface area contributed by atoms with Gasteiger partial charge in [-0.3, -0.25) is 9.98 Å². The predicted octanol–water partition coefficient (Wildman–Crippen LogP) is 7.29. The predicted molar refractivity (Wildman–Crippen MR) is 120 cm³/mol. The van der Waals surface area contributed by atoms with Gasteiger partial charge in [0.25, 0.3) is 0 Å². The van der Waals surface area contributed by atoms with Crippen LogP contribution in [0.15, 0.2) is 64.6 Å². The van der Waals surface area contributed by atoms with E-state index < -0.39 is 0 Å². The number of benzene rings is 2. The zero-order valence-corrected chi connectivity index (χ0v) is 17.8. The third kappa shape index (κ3) is 4.86. The Morgan fingerprint density at radius 3 is 1.54 bits per heavy atom. The number of aromatic nitrogens is 1. The van der Waals surface area contributed by atoms with E-state index in [4.69, 9.17) is 28.2 Å². The minimum Gasteiger partial charge on any atom is -0.252 e. The molecule has 3 aromatic rings. The topological polar surface area (TPSA) is 37.6 Å². The molecule has 28 heavy (non-hydrogen) atoms. The smallest absolute Gasteiger partial charge is 0.0849 e. The number of hydrogen-bond acceptors (Lipinski definition) is 3. The van der Waals surface area contributed by atoms with Gasteiger partial charge in [0.1, 0.15) is 0 Å². The SMILES string of the molecule is C/C(=N\c1ccc(Cl)c(C)c1)c1cccc(/C(C)=N/c2ccc(Cl)c(C)c2)n1. The molecule has 1 aromatic heterocycles. The molecule has 1 heterocycles. The van der Waals surface area contributed by atoms with Crippen LogP contribution in [-0.2, 0) is 0 Å². The Balaban J connectivity index is 1.90. The molecule has 0 aliphatic rings. The van der Waals surface area contributed by atoms with Crippen molar-refractivity contribution in [1.82, 2.24) is 4.98 Å². The number of aliphatic imine (C=N–C) groups is 2. The molecule has 0 saturated heterocycles. The molecule has 0 fully saturated rings. The highest BCUT2D eigenvalue weighted by molar-refractivity contribution is 6.31. The molecule has 0 aliphatic heterocycles. The van der Waals surface area contributed by atoms with E-state index in [1.165, 1.54) is 0 Å². The maximum absolute atomic E-state index is 6.09. The summed E-state index contributed by atoms with van der Waals surface area (Å²) in [6, 6.07) is 17.3. The number of halogens is 2. The zero-order valence-electron chi connectivity index (χ0n) is 16.3. The van der Waals surface area contributed by atoms with E-state index in [1.54, 1.807) is 0 Å². The molecule has 3 nitrogen and oxygen atoms in total. The number of pyridine rings is 1. The normalized spacial score (nSPS) is 12.4. The molecule has 5 heteroatoms. The molecular weight excluding hydrogens is 389 g/mol. The minimum atomic E-state index is 0.737. The summed E-state index contributed by atoms with van der Waals surface area (Å²) in [5.41, 5.74) is 7.00. The average molecular weight is 410 g/mol. The standard InChI is InChI=1S/C23H21Cl2N3/c1-14-12-18(8-10-20(14)24)26-16(3)22-6-5-7-23(28-22)17(4)27-19-9-11-21(25)15(2)13-19/h5-13H,1-4H3/b26-16+,27-17+. The van der Waals surface area contributed by atoms with Gasteiger partial charge in [-0.2, -0.15) is 0 Å². The van der Waals surface area contributed by atoms with E-state index in [9.17, 15) is 0 Å². The molecule has 0 N–H and O–H groups in total. The average Bonchev–Trinajstić information content (AvgIpc) is 2.67. The van der Waals surface area contributed by atoms with Gasteiger partial charge in [0.2, 0.25) is 0 Å². The van der Waals surface area contributed by atoms with E-state index in [0.717, 1.165) is 55.4 Å². The first-order chi connectivity index (χ1) is 13.3. The highest BCUT2D eigenvalue weighted by Gasteiger charge is 2.06. The summed E-state index contributed by atoms with van der Waals surface area (Å²) in [6.07, 6.45) is 0. The molecule has 0 saturated carbocycles. The Morgan fingerprint density at radius 1 is 0.714 bits per heavy atom. The number of aryl methyl sites for hydroxylation is 2. The highest BCUT2D eigenvalue weighted by Crippen LogP contribution is 2.23. The molecule has 0 atom stereocenters. The van der Waals surface area contributed by atoms with Gasteiger partial charge in [0.15, 0.2) is 0 Å². The van der Waals surface area contributed by atoms with Gasteiger partial charge in [-0.15, -0.1) is 0 Å². The van der Waals surface area contributed by atoms with E-state index in [-0.39, 0.29) is 0 Å². The number of hydrogen-bond donors (Lipinski definition) is 0. The van der Waals surface area contributed by atoms with Gasteiger partial charge in [0.05, 0.1) is 34.2 Å². The Kier molecular flexibility index (Phi) is 6.28. The Hall–Kier alpha value is -2.49. The fraction of sp³-hybridized carbons (Fsp3) is 0.174. The second kappa shape index (κ2) is 8.68. The van der Waals surface area contributed by atoms with Crippen molar-refractivity contribution in [2.24, 2.45) is 9.98 Å². The first-order valence-corrected chi connectivity index (χ1v) is 9.70. The molecule has 0 amide bonds. The van der Waals surface area contributed by atoms with Gasteiger partial charge in [-0.25, -0.2) is 4.98 Å². The van der Waals surface area contributed by atoms with E-state index in [0.29, 0.717) is 0 Å². The molecule has 0 unspecified atom stereocenters. The minimum absolute atomic E-state index is 0.737. The van der Waals surface area contributed by atoms with Crippen molar-refractivity contribution >= 4 is 46.0 Å². The van der Waals surface area contributed by atoms with Crippen molar-refractivity contribution in [3.8, 4) is 0 Å². The summed E-state index contributed by atoms with van der Waals surface area (Å²) >= 11 is 12.2. The van der Waals surface area contributed by atoms with Crippen molar-refractivity contribution in [2.45, 2.75) is 27.7 Å². The van der Waals surface area contributed by atoms with Crippen molar-refractivity contribution in [3.05, 3.63) is 87.2 Å². The quantitative estimate of drug-likeness (QED) is 0.416. The fourth-order valence-electron chi connectivity index (χ4n) is 2.74. The largest absolute Gasteiger partial charge is 0.252 e. The molecule has 0 spiro atoms. The first kappa shape index (κ1) is 20.2. The molecule has 2 aromatic carbocycles. The van der Waals surface area contributed by atoms with Crippen LogP contribution in [0.3, 0.4) is 0 Å². The molecule has 0 radical (unpaired) electrons. The molecule has 0 bridgehead atoms. The maximum atomic E-state index is 6.09. The maximum Gasteiger partial charge on any atom is 0.0849 e. The van der Waals surface area contributed by atoms with E-state index in [1.807, 2.05) is 82.3 Å². The number of nitrogens with zero attached hydrogens (tertiary/aromatic N) is 3. The van der Waals surface area contributed by atoms with Crippen LogP contribution in [0.5, 0.6) is 0 Å². The molecular formula is C23H21Cl2N3. The van der Waals surface area contributed by atoms with Crippen LogP contribution >= 0.6 is 23.2 Å². The zero-order chi connectivity index (χ0) is 20.3. The summed E-state index contributed by atoms with van der Waals surface area (Å²) < 4.78 is 0. The van der Waals surface area contributed by atoms with Gasteiger partial charge in [-0.1, -0.05) is 29.3 Å². The third-order valence-electron chi connectivity index (χ3n) is 4.37. The van der Waals surface area contributed by atoms with Crippen LogP contribution in [0.1, 0.15) is 36.4 Å². The lowest BCUT2D eigenvalue weighted by atomic mass is 10.2. The van der Waals surface area contributed by atoms with Crippen molar-refractivity contribution in [3.63, 3.8) is 0 Å². The van der Waals surface area contributed by atoms with Crippen molar-refractivity contribution in [2.75, 3.05) is 0 Å². The number of rotatable bonds is 4. The fourth-order valence-corrected chi connectivity index (χ4v) is 2.97. The summed E-state index contributed by atoms with van der Waals surface area (Å²) in [5, 5.41) is 1.47. The van der Waals surface area contributed by atoms with Gasteiger partial charge in [0, 0.05) is 10.0 Å². The van der Waals surface area contributed by atoms with Crippen LogP contribution in [0.2, 0.25) is 10.0 Å². The van der Waals surface area contributed by atoms with Gasteiger partial charge >= 0.3 is 0 Å². The highest BCUT2D eigenvalue weighted by atomic mass is 35.5. The Labute approximate surface area is 175 Å². The molecule has 3 rings (SSSR count). The van der Waals surface area contributed by atoms with Crippen molar-refractivity contribution < 1.29 is 0 Å². The van der Waals surface area contributed by atoms with Gasteiger partial charge < -0.3 is 0 Å². The lowest BCUT2D eigenvalue weighted by molar-refractivity contribution is 1.24. The summed E-state index contributed by atoms with van der Waals surface area (Å²) in [5.74, 6) is 0. The van der Waals surface area contributed by atoms with E-state index >= 15 is 0 Å². The second-order valence-electron chi connectivity index (χ2n) is 6.67. The van der Waals surface area contributed by atoms with Crippen LogP contribution in [-0.4, -0.2) is 16.4 Å². The summed E-state index contributed by atoms with van der Waals surface area (Å²) in [6.45, 7) is 7.83. The van der Waals surface area contributed by atoms with Crippen LogP contribution < -0.4 is 0 Å². The Bertz CT molecular complexity index is 1000. The van der Waals surface area contributed by atoms with Crippen molar-refractivity contribution in [1.29, 1.82) is 0 Å². The Morgan fingerprint density at radius 2 is 1.14 bits per heavy atom. The van der Waals surface area contributed by atoms with Crippen LogP contribution in [0.4, 0.5) is 11.4 Å². The first-order valence-electron chi connectivity index (χ1n) is 8.94. The molecule has 142 valence electrons.